The molecule has 3 aromatic rings. The second-order valence-electron chi connectivity index (χ2n) is 10.0. The van der Waals surface area contributed by atoms with Crippen molar-refractivity contribution in [2.45, 2.75) is 45.8 Å². The number of nitrogens with zero attached hydrogens (tertiary/aromatic N) is 6. The SMILES string of the molecule is C=N/C=C(F)\C(=N/CNc1ccc([C@H](O)C2CCN(C)CC2)cn1)c1cc(F)c2nc(C)n(C(C)C)c2c1. The lowest BCUT2D eigenvalue weighted by atomic mass is 9.88. The predicted octanol–water partition coefficient (Wildman–Crippen LogP) is 5.21. The highest BCUT2D eigenvalue weighted by Crippen LogP contribution is 2.30. The minimum absolute atomic E-state index is 0.0142. The molecule has 2 N–H and O–H groups in total. The Morgan fingerprint density at radius 2 is 2.03 bits per heavy atom. The molecule has 0 saturated carbocycles. The third-order valence-electron chi connectivity index (χ3n) is 6.98. The number of anilines is 1. The van der Waals surface area contributed by atoms with Gasteiger partial charge in [-0.15, -0.1) is 0 Å². The zero-order valence-corrected chi connectivity index (χ0v) is 22.3. The van der Waals surface area contributed by atoms with Crippen molar-refractivity contribution < 1.29 is 13.9 Å². The van der Waals surface area contributed by atoms with Gasteiger partial charge in [-0.1, -0.05) is 6.07 Å². The molecule has 202 valence electrons. The number of rotatable bonds is 9. The van der Waals surface area contributed by atoms with E-state index in [9.17, 15) is 13.9 Å². The quantitative estimate of drug-likeness (QED) is 0.376. The van der Waals surface area contributed by atoms with Crippen LogP contribution in [0.3, 0.4) is 0 Å². The molecule has 8 nitrogen and oxygen atoms in total. The zero-order chi connectivity index (χ0) is 27.4. The Morgan fingerprint density at radius 3 is 2.66 bits per heavy atom. The van der Waals surface area contributed by atoms with Crippen LogP contribution in [0.25, 0.3) is 11.0 Å². The van der Waals surface area contributed by atoms with Crippen LogP contribution in [0.4, 0.5) is 14.6 Å². The third-order valence-corrected chi connectivity index (χ3v) is 6.98. The van der Waals surface area contributed by atoms with Gasteiger partial charge in [-0.25, -0.2) is 18.7 Å². The summed E-state index contributed by atoms with van der Waals surface area (Å²) >= 11 is 0. The number of aryl methyl sites for hydroxylation is 1. The van der Waals surface area contributed by atoms with Gasteiger partial charge in [-0.2, -0.15) is 0 Å². The highest BCUT2D eigenvalue weighted by atomic mass is 19.1. The fourth-order valence-electron chi connectivity index (χ4n) is 5.00. The highest BCUT2D eigenvalue weighted by molar-refractivity contribution is 6.12. The van der Waals surface area contributed by atoms with Crippen LogP contribution >= 0.6 is 0 Å². The molecular weight excluding hydrogens is 488 g/mol. The van der Waals surface area contributed by atoms with Crippen LogP contribution in [0, 0.1) is 18.7 Å². The lowest BCUT2D eigenvalue weighted by molar-refractivity contribution is 0.0655. The van der Waals surface area contributed by atoms with Gasteiger partial charge in [0.25, 0.3) is 0 Å². The third kappa shape index (κ3) is 5.97. The number of benzene rings is 1. The summed E-state index contributed by atoms with van der Waals surface area (Å²) in [5.74, 6) is 0.109. The van der Waals surface area contributed by atoms with Gasteiger partial charge in [0.05, 0.1) is 17.8 Å². The number of piperidine rings is 1. The number of pyridine rings is 1. The van der Waals surface area contributed by atoms with E-state index in [1.165, 1.54) is 6.07 Å². The number of imidazole rings is 1. The standard InChI is InChI=1S/C28H35F2N7O/c1-17(2)37-18(3)35-27-22(29)12-21(13-24(27)37)26(23(30)15-31-4)34-16-33-25-7-6-20(14-32-25)28(38)19-8-10-36(5)11-9-19/h6-7,12-15,17,19,28,38H,4,8-11,16H2,1-3,5H3,(H,32,33)/b23-15+,34-26-/t28-/m1/s1. The van der Waals surface area contributed by atoms with E-state index >= 15 is 0 Å². The molecule has 0 spiro atoms. The van der Waals surface area contributed by atoms with E-state index in [0.717, 1.165) is 37.7 Å². The maximum Gasteiger partial charge on any atom is 0.167 e. The number of hydrogen-bond acceptors (Lipinski definition) is 7. The van der Waals surface area contributed by atoms with Crippen LogP contribution in [-0.4, -0.2) is 63.8 Å². The van der Waals surface area contributed by atoms with Crippen molar-refractivity contribution in [1.29, 1.82) is 0 Å². The minimum atomic E-state index is -0.738. The second kappa shape index (κ2) is 11.9. The molecule has 1 saturated heterocycles. The van der Waals surface area contributed by atoms with Gasteiger partial charge in [-0.3, -0.25) is 9.98 Å². The summed E-state index contributed by atoms with van der Waals surface area (Å²) in [6.07, 6.45) is 3.92. The summed E-state index contributed by atoms with van der Waals surface area (Å²) in [7, 11) is 2.09. The molecule has 1 atom stereocenters. The maximum atomic E-state index is 15.0. The number of fused-ring (bicyclic) bond motifs is 1. The molecule has 3 heterocycles. The van der Waals surface area contributed by atoms with Crippen molar-refractivity contribution in [3.63, 3.8) is 0 Å². The molecule has 0 unspecified atom stereocenters. The molecule has 4 rings (SSSR count). The van der Waals surface area contributed by atoms with Gasteiger partial charge in [0.1, 0.15) is 29.5 Å². The molecule has 0 bridgehead atoms. The second-order valence-corrected chi connectivity index (χ2v) is 10.0. The van der Waals surface area contributed by atoms with Crippen molar-refractivity contribution in [2.75, 3.05) is 32.1 Å². The van der Waals surface area contributed by atoms with Gasteiger partial charge in [0.2, 0.25) is 0 Å². The van der Waals surface area contributed by atoms with Crippen LogP contribution in [0.15, 0.2) is 52.5 Å². The molecule has 38 heavy (non-hydrogen) atoms. The Bertz CT molecular complexity index is 1340. The molecule has 1 aliphatic heterocycles. The molecule has 0 amide bonds. The van der Waals surface area contributed by atoms with Crippen molar-refractivity contribution in [2.24, 2.45) is 15.9 Å². The largest absolute Gasteiger partial charge is 0.388 e. The molecule has 0 radical (unpaired) electrons. The zero-order valence-electron chi connectivity index (χ0n) is 22.3. The van der Waals surface area contributed by atoms with E-state index in [2.05, 4.69) is 43.9 Å². The van der Waals surface area contributed by atoms with E-state index in [-0.39, 0.29) is 35.4 Å². The van der Waals surface area contributed by atoms with Crippen LogP contribution in [0.5, 0.6) is 0 Å². The number of likely N-dealkylation sites (tertiary alicyclic amines) is 1. The predicted molar refractivity (Wildman–Crippen MR) is 148 cm³/mol. The number of nitrogens with one attached hydrogen (secondary N) is 1. The molecule has 10 heteroatoms. The normalized spacial score (nSPS) is 16.8. The molecular formula is C28H35F2N7O. The number of aliphatic hydroxyl groups is 1. The average Bonchev–Trinajstić information content (AvgIpc) is 3.23. The van der Waals surface area contributed by atoms with Crippen LogP contribution < -0.4 is 5.32 Å². The Morgan fingerprint density at radius 1 is 1.29 bits per heavy atom. The topological polar surface area (TPSA) is 90.9 Å². The first-order valence-electron chi connectivity index (χ1n) is 12.8. The van der Waals surface area contributed by atoms with Gasteiger partial charge >= 0.3 is 0 Å². The fourth-order valence-corrected chi connectivity index (χ4v) is 5.00. The Hall–Kier alpha value is -3.50. The first-order valence-corrected chi connectivity index (χ1v) is 12.8. The molecule has 2 aromatic heterocycles. The summed E-state index contributed by atoms with van der Waals surface area (Å²) in [5, 5.41) is 13.8. The monoisotopic (exact) mass is 523 g/mol. The Balaban J connectivity index is 1.54. The Labute approximate surface area is 221 Å². The molecule has 1 aliphatic rings. The van der Waals surface area contributed by atoms with Gasteiger partial charge in [0, 0.05) is 17.8 Å². The molecule has 0 aliphatic carbocycles. The highest BCUT2D eigenvalue weighted by Gasteiger charge is 2.25. The van der Waals surface area contributed by atoms with E-state index in [4.69, 9.17) is 0 Å². The van der Waals surface area contributed by atoms with Crippen LogP contribution in [0.1, 0.15) is 55.8 Å². The first-order chi connectivity index (χ1) is 18.2. The average molecular weight is 524 g/mol. The number of halogens is 2. The number of aromatic nitrogens is 3. The Kier molecular flexibility index (Phi) is 8.63. The number of hydrogen-bond donors (Lipinski definition) is 2. The van der Waals surface area contributed by atoms with E-state index < -0.39 is 17.7 Å². The lowest BCUT2D eigenvalue weighted by Gasteiger charge is -2.32. The molecule has 1 aromatic carbocycles. The summed E-state index contributed by atoms with van der Waals surface area (Å²) in [6, 6.07) is 6.55. The maximum absolute atomic E-state index is 15.0. The van der Waals surface area contributed by atoms with Crippen LogP contribution in [-0.2, 0) is 0 Å². The van der Waals surface area contributed by atoms with E-state index in [1.54, 1.807) is 18.3 Å². The summed E-state index contributed by atoms with van der Waals surface area (Å²) in [5.41, 5.74) is 1.76. The lowest BCUT2D eigenvalue weighted by Crippen LogP contribution is -2.32. The smallest absolute Gasteiger partial charge is 0.167 e. The van der Waals surface area contributed by atoms with Crippen molar-refractivity contribution >= 4 is 29.3 Å². The van der Waals surface area contributed by atoms with Gasteiger partial charge in [-0.05, 0) is 90.1 Å². The summed E-state index contributed by atoms with van der Waals surface area (Å²) in [4.78, 5) is 18.9. The van der Waals surface area contributed by atoms with Crippen molar-refractivity contribution in [3.8, 4) is 0 Å². The first kappa shape index (κ1) is 27.5. The van der Waals surface area contributed by atoms with E-state index in [0.29, 0.717) is 17.2 Å². The van der Waals surface area contributed by atoms with E-state index in [1.807, 2.05) is 31.4 Å². The number of allylic oxidation sites excluding steroid dienone is 1. The minimum Gasteiger partial charge on any atom is -0.388 e. The van der Waals surface area contributed by atoms with Gasteiger partial charge < -0.3 is 19.9 Å². The van der Waals surface area contributed by atoms with Gasteiger partial charge in [0.15, 0.2) is 11.6 Å². The number of aliphatic imine (C=N–C) groups is 2. The fraction of sp³-hybridized carbons (Fsp3) is 0.429. The summed E-state index contributed by atoms with van der Waals surface area (Å²) < 4.78 is 31.9. The molecule has 1 fully saturated rings. The van der Waals surface area contributed by atoms with Crippen molar-refractivity contribution in [3.05, 3.63) is 65.3 Å². The summed E-state index contributed by atoms with van der Waals surface area (Å²) in [6.45, 7) is 11.0. The van der Waals surface area contributed by atoms with Crippen molar-refractivity contribution in [1.82, 2.24) is 19.4 Å². The number of aliphatic hydroxyl groups excluding tert-OH is 1. The van der Waals surface area contributed by atoms with Crippen LogP contribution in [0.2, 0.25) is 0 Å².